The Morgan fingerprint density at radius 1 is 1.21 bits per heavy atom. The molecule has 28 heavy (non-hydrogen) atoms. The molecule has 0 amide bonds. The van der Waals surface area contributed by atoms with Crippen LogP contribution in [0.3, 0.4) is 0 Å². The first-order valence-corrected chi connectivity index (χ1v) is 9.69. The number of hydrogen-bond donors (Lipinski definition) is 2. The Kier molecular flexibility index (Phi) is 7.02. The molecule has 2 N–H and O–H groups in total. The second kappa shape index (κ2) is 9.06. The molecule has 0 aliphatic rings. The first kappa shape index (κ1) is 21.7. The number of nitrogens with one attached hydrogen (secondary N) is 1. The lowest BCUT2D eigenvalue weighted by Gasteiger charge is -2.14. The number of alkyl halides is 1. The molecule has 0 unspecified atom stereocenters. The van der Waals surface area contributed by atoms with Crippen molar-refractivity contribution < 1.29 is 9.50 Å². The third kappa shape index (κ3) is 5.96. The molecule has 1 aromatic heterocycles. The molecule has 6 heteroatoms. The molecule has 0 atom stereocenters. The maximum Gasteiger partial charge on any atom is 0.165 e. The highest BCUT2D eigenvalue weighted by Crippen LogP contribution is 2.34. The van der Waals surface area contributed by atoms with E-state index in [1.54, 1.807) is 36.3 Å². The summed E-state index contributed by atoms with van der Waals surface area (Å²) in [5.41, 5.74) is 1.48. The van der Waals surface area contributed by atoms with Crippen LogP contribution in [0.15, 0.2) is 54.7 Å². The summed E-state index contributed by atoms with van der Waals surface area (Å²) in [7, 11) is 0. The number of aromatic nitrogens is 2. The largest absolute Gasteiger partial charge is 0.508 e. The van der Waals surface area contributed by atoms with E-state index in [-0.39, 0.29) is 11.6 Å². The highest BCUT2D eigenvalue weighted by molar-refractivity contribution is 8.11. The number of halogens is 1. The molecule has 0 spiro atoms. The fourth-order valence-corrected chi connectivity index (χ4v) is 3.06. The SMILES string of the molecule is C=C(NCc1cnc(C(C)(C)F)nc1)c1cc(O)cc(C(=C)S/C(C)=C\C)c1. The Labute approximate surface area is 170 Å². The molecule has 148 valence electrons. The quantitative estimate of drug-likeness (QED) is 0.590. The smallest absolute Gasteiger partial charge is 0.165 e. The van der Waals surface area contributed by atoms with Gasteiger partial charge in [0, 0.05) is 40.7 Å². The summed E-state index contributed by atoms with van der Waals surface area (Å²) >= 11 is 1.55. The maximum atomic E-state index is 13.8. The van der Waals surface area contributed by atoms with Gasteiger partial charge in [0.2, 0.25) is 0 Å². The van der Waals surface area contributed by atoms with Crippen LogP contribution < -0.4 is 5.32 Å². The van der Waals surface area contributed by atoms with E-state index in [1.165, 1.54) is 13.8 Å². The van der Waals surface area contributed by atoms with Gasteiger partial charge in [-0.15, -0.1) is 0 Å². The van der Waals surface area contributed by atoms with Gasteiger partial charge in [0.15, 0.2) is 11.5 Å². The lowest BCUT2D eigenvalue weighted by atomic mass is 10.1. The molecule has 0 aliphatic heterocycles. The Morgan fingerprint density at radius 2 is 1.82 bits per heavy atom. The standard InChI is InChI=1S/C22H26FN3OS/c1-7-14(2)28-16(4)19-8-18(9-20(27)10-19)15(3)24-11-17-12-25-21(26-13-17)22(5,6)23/h7-10,12-13,24,27H,3-4,11H2,1-2,5-6H3/b14-7-. The average molecular weight is 400 g/mol. The lowest BCUT2D eigenvalue weighted by molar-refractivity contribution is 0.206. The van der Waals surface area contributed by atoms with Crippen LogP contribution in [0.5, 0.6) is 5.75 Å². The average Bonchev–Trinajstić information content (AvgIpc) is 2.65. The van der Waals surface area contributed by atoms with Gasteiger partial charge < -0.3 is 10.4 Å². The second-order valence-electron chi connectivity index (χ2n) is 6.91. The number of thioether (sulfide) groups is 1. The van der Waals surface area contributed by atoms with Crippen LogP contribution in [0.1, 0.15) is 50.2 Å². The zero-order valence-electron chi connectivity index (χ0n) is 16.7. The van der Waals surface area contributed by atoms with Crippen molar-refractivity contribution >= 4 is 22.4 Å². The number of phenols is 1. The van der Waals surface area contributed by atoms with Gasteiger partial charge in [-0.05, 0) is 56.4 Å². The van der Waals surface area contributed by atoms with Crippen molar-refractivity contribution in [3.05, 3.63) is 77.2 Å². The van der Waals surface area contributed by atoms with Gasteiger partial charge in [-0.1, -0.05) is 31.0 Å². The first-order valence-electron chi connectivity index (χ1n) is 8.87. The second-order valence-corrected chi connectivity index (χ2v) is 8.25. The molecule has 2 rings (SSSR count). The van der Waals surface area contributed by atoms with Gasteiger partial charge >= 0.3 is 0 Å². The van der Waals surface area contributed by atoms with Crippen molar-refractivity contribution in [2.75, 3.05) is 0 Å². The third-order valence-corrected chi connectivity index (χ3v) is 5.06. The van der Waals surface area contributed by atoms with Gasteiger partial charge in [-0.2, -0.15) is 0 Å². The van der Waals surface area contributed by atoms with E-state index in [0.717, 1.165) is 26.5 Å². The minimum atomic E-state index is -1.57. The molecule has 0 saturated heterocycles. The van der Waals surface area contributed by atoms with E-state index in [9.17, 15) is 9.50 Å². The monoisotopic (exact) mass is 399 g/mol. The number of hydrogen-bond acceptors (Lipinski definition) is 5. The number of aromatic hydroxyl groups is 1. The highest BCUT2D eigenvalue weighted by Gasteiger charge is 2.21. The minimum Gasteiger partial charge on any atom is -0.508 e. The molecular weight excluding hydrogens is 373 g/mol. The van der Waals surface area contributed by atoms with Crippen LogP contribution in [-0.4, -0.2) is 15.1 Å². The molecule has 0 bridgehead atoms. The molecule has 0 aliphatic carbocycles. The molecule has 0 saturated carbocycles. The summed E-state index contributed by atoms with van der Waals surface area (Å²) in [5, 5.41) is 13.3. The zero-order chi connectivity index (χ0) is 20.9. The Bertz CT molecular complexity index is 899. The summed E-state index contributed by atoms with van der Waals surface area (Å²) in [4.78, 5) is 10.1. The van der Waals surface area contributed by atoms with Crippen molar-refractivity contribution in [1.29, 1.82) is 0 Å². The number of rotatable bonds is 8. The molecule has 4 nitrogen and oxygen atoms in total. The molecule has 0 fully saturated rings. The normalized spacial score (nSPS) is 12.0. The summed E-state index contributed by atoms with van der Waals surface area (Å²) in [6.45, 7) is 15.4. The van der Waals surface area contributed by atoms with Crippen molar-refractivity contribution in [2.45, 2.75) is 39.9 Å². The first-order chi connectivity index (χ1) is 13.1. The molecule has 0 radical (unpaired) electrons. The topological polar surface area (TPSA) is 58.0 Å². The fourth-order valence-electron chi connectivity index (χ4n) is 2.32. The van der Waals surface area contributed by atoms with E-state index in [4.69, 9.17) is 0 Å². The Morgan fingerprint density at radius 3 is 2.39 bits per heavy atom. The summed E-state index contributed by atoms with van der Waals surface area (Å²) in [6.07, 6.45) is 5.20. The van der Waals surface area contributed by atoms with Gasteiger partial charge in [-0.3, -0.25) is 0 Å². The molecular formula is C22H26FN3OS. The summed E-state index contributed by atoms with van der Waals surface area (Å²) < 4.78 is 13.8. The van der Waals surface area contributed by atoms with Crippen LogP contribution in [0.2, 0.25) is 0 Å². The van der Waals surface area contributed by atoms with Gasteiger partial charge in [0.05, 0.1) is 0 Å². The van der Waals surface area contributed by atoms with E-state index in [1.807, 2.05) is 26.0 Å². The summed E-state index contributed by atoms with van der Waals surface area (Å²) in [6, 6.07) is 5.25. The summed E-state index contributed by atoms with van der Waals surface area (Å²) in [5.74, 6) is 0.299. The third-order valence-electron chi connectivity index (χ3n) is 4.02. The van der Waals surface area contributed by atoms with Crippen LogP contribution in [0.25, 0.3) is 10.6 Å². The Hall–Kier alpha value is -2.60. The van der Waals surface area contributed by atoms with Crippen LogP contribution >= 0.6 is 11.8 Å². The maximum absolute atomic E-state index is 13.8. The van der Waals surface area contributed by atoms with E-state index in [0.29, 0.717) is 12.2 Å². The predicted octanol–water partition coefficient (Wildman–Crippen LogP) is 5.77. The van der Waals surface area contributed by atoms with Crippen LogP contribution in [-0.2, 0) is 12.2 Å². The number of phenolic OH excluding ortho intramolecular Hbond substituents is 1. The molecule has 2 aromatic rings. The fraction of sp³-hybridized carbons (Fsp3) is 0.273. The predicted molar refractivity (Wildman–Crippen MR) is 116 cm³/mol. The molecule has 1 heterocycles. The van der Waals surface area contributed by atoms with Crippen LogP contribution in [0, 0.1) is 0 Å². The van der Waals surface area contributed by atoms with Crippen molar-refractivity contribution in [3.8, 4) is 5.75 Å². The Balaban J connectivity index is 2.09. The number of allylic oxidation sites excluding steroid dienone is 2. The van der Waals surface area contributed by atoms with E-state index >= 15 is 0 Å². The highest BCUT2D eigenvalue weighted by atomic mass is 32.2. The van der Waals surface area contributed by atoms with Crippen molar-refractivity contribution in [2.24, 2.45) is 0 Å². The van der Waals surface area contributed by atoms with Gasteiger partial charge in [0.25, 0.3) is 0 Å². The molecule has 1 aromatic carbocycles. The number of nitrogens with zero attached hydrogens (tertiary/aromatic N) is 2. The van der Waals surface area contributed by atoms with Crippen molar-refractivity contribution in [1.82, 2.24) is 15.3 Å². The van der Waals surface area contributed by atoms with Gasteiger partial charge in [0.1, 0.15) is 5.75 Å². The van der Waals surface area contributed by atoms with Crippen molar-refractivity contribution in [3.63, 3.8) is 0 Å². The van der Waals surface area contributed by atoms with E-state index < -0.39 is 5.67 Å². The van der Waals surface area contributed by atoms with Gasteiger partial charge in [-0.25, -0.2) is 14.4 Å². The lowest BCUT2D eigenvalue weighted by Crippen LogP contribution is -2.16. The van der Waals surface area contributed by atoms with Crippen LogP contribution in [0.4, 0.5) is 4.39 Å². The van der Waals surface area contributed by atoms with E-state index in [2.05, 4.69) is 28.4 Å². The number of benzene rings is 1. The minimum absolute atomic E-state index is 0.146. The zero-order valence-corrected chi connectivity index (χ0v) is 17.5.